The van der Waals surface area contributed by atoms with Gasteiger partial charge in [0.15, 0.2) is 0 Å². The lowest BCUT2D eigenvalue weighted by Crippen LogP contribution is -2.48. The fraction of sp³-hybridized carbons (Fsp3) is 0.632. The molecule has 1 N–H and O–H groups in total. The molecule has 0 spiro atoms. The number of nitrogens with one attached hydrogen (secondary N) is 1. The molecule has 1 aliphatic rings. The number of hydrogen-bond donors (Lipinski definition) is 1. The van der Waals surface area contributed by atoms with Crippen LogP contribution in [0.3, 0.4) is 0 Å². The highest BCUT2D eigenvalue weighted by Gasteiger charge is 2.32. The van der Waals surface area contributed by atoms with E-state index in [1.54, 1.807) is 6.20 Å². The van der Waals surface area contributed by atoms with Crippen LogP contribution in [-0.2, 0) is 6.42 Å². The van der Waals surface area contributed by atoms with Gasteiger partial charge in [-0.1, -0.05) is 27.7 Å². The third-order valence-electron chi connectivity index (χ3n) is 5.16. The molecule has 2 aromatic heterocycles. The minimum atomic E-state index is 0.0420. The molecule has 146 valence electrons. The molecule has 2 atom stereocenters. The topological polar surface area (TPSA) is 83.9 Å². The molecule has 0 aromatic carbocycles. The second-order valence-electron chi connectivity index (χ2n) is 7.30. The van der Waals surface area contributed by atoms with Gasteiger partial charge in [-0.3, -0.25) is 4.79 Å². The molecule has 0 radical (unpaired) electrons. The van der Waals surface area contributed by atoms with E-state index in [2.05, 4.69) is 52.3 Å². The summed E-state index contributed by atoms with van der Waals surface area (Å²) < 4.78 is 4.35. The van der Waals surface area contributed by atoms with Gasteiger partial charge in [-0.2, -0.15) is 4.37 Å². The Morgan fingerprint density at radius 3 is 2.89 bits per heavy atom. The van der Waals surface area contributed by atoms with Crippen molar-refractivity contribution in [3.63, 3.8) is 0 Å². The molecule has 8 heteroatoms. The van der Waals surface area contributed by atoms with Crippen LogP contribution in [0.4, 0.5) is 5.13 Å². The Morgan fingerprint density at radius 1 is 1.41 bits per heavy atom. The second kappa shape index (κ2) is 8.73. The largest absolute Gasteiger partial charge is 0.357 e. The van der Waals surface area contributed by atoms with Crippen molar-refractivity contribution in [1.29, 1.82) is 0 Å². The van der Waals surface area contributed by atoms with Crippen molar-refractivity contribution in [2.24, 2.45) is 5.92 Å². The van der Waals surface area contributed by atoms with E-state index in [9.17, 15) is 4.79 Å². The van der Waals surface area contributed by atoms with E-state index in [0.717, 1.165) is 49.0 Å². The zero-order chi connectivity index (χ0) is 19.4. The highest BCUT2D eigenvalue weighted by molar-refractivity contribution is 7.09. The Morgan fingerprint density at radius 2 is 2.22 bits per heavy atom. The molecule has 1 amide bonds. The summed E-state index contributed by atoms with van der Waals surface area (Å²) in [5.41, 5.74) is 1.45. The normalized spacial score (nSPS) is 20.1. The molecule has 0 saturated carbocycles. The Balaban J connectivity index is 1.70. The molecule has 2 aromatic rings. The van der Waals surface area contributed by atoms with E-state index in [1.807, 2.05) is 4.90 Å². The number of hydrogen-bond acceptors (Lipinski definition) is 7. The zero-order valence-corrected chi connectivity index (χ0v) is 17.3. The average molecular weight is 389 g/mol. The van der Waals surface area contributed by atoms with Crippen molar-refractivity contribution in [3.8, 4) is 0 Å². The predicted octanol–water partition coefficient (Wildman–Crippen LogP) is 3.37. The number of amides is 1. The summed E-state index contributed by atoms with van der Waals surface area (Å²) in [4.78, 5) is 28.0. The van der Waals surface area contributed by atoms with Gasteiger partial charge >= 0.3 is 0 Å². The first-order valence-corrected chi connectivity index (χ1v) is 10.5. The number of likely N-dealkylation sites (tertiary alicyclic amines) is 1. The maximum absolute atomic E-state index is 13.1. The number of aryl methyl sites for hydroxylation is 1. The second-order valence-corrected chi connectivity index (χ2v) is 8.06. The van der Waals surface area contributed by atoms with Crippen LogP contribution in [0.5, 0.6) is 0 Å². The van der Waals surface area contributed by atoms with Crippen LogP contribution in [-0.4, -0.2) is 49.3 Å². The number of anilines is 1. The third kappa shape index (κ3) is 4.43. The quantitative estimate of drug-likeness (QED) is 0.817. The first-order valence-electron chi connectivity index (χ1n) is 9.71. The summed E-state index contributed by atoms with van der Waals surface area (Å²) in [7, 11) is 0. The third-order valence-corrected chi connectivity index (χ3v) is 5.84. The number of aromatic nitrogens is 4. The Labute approximate surface area is 164 Å². The van der Waals surface area contributed by atoms with Crippen LogP contribution in [0.2, 0.25) is 0 Å². The number of carbonyl (C=O) groups excluding carboxylic acids is 1. The fourth-order valence-electron chi connectivity index (χ4n) is 3.57. The minimum absolute atomic E-state index is 0.0420. The first-order chi connectivity index (χ1) is 13.0. The average Bonchev–Trinajstić information content (AvgIpc) is 3.15. The Bertz CT molecular complexity index is 777. The number of rotatable bonds is 6. The van der Waals surface area contributed by atoms with Crippen LogP contribution >= 0.6 is 11.5 Å². The maximum atomic E-state index is 13.1. The van der Waals surface area contributed by atoms with Crippen molar-refractivity contribution < 1.29 is 4.79 Å². The van der Waals surface area contributed by atoms with Crippen molar-refractivity contribution in [2.45, 2.75) is 58.9 Å². The molecule has 3 heterocycles. The van der Waals surface area contributed by atoms with Crippen LogP contribution < -0.4 is 5.32 Å². The van der Waals surface area contributed by atoms with Gasteiger partial charge in [-0.25, -0.2) is 15.0 Å². The van der Waals surface area contributed by atoms with E-state index in [4.69, 9.17) is 0 Å². The standard InChI is InChI=1S/C19H28N6OS/c1-5-13-10-25(18(26)14-9-20-11-21-17(14)12(3)4)8-7-15(13)22-19-23-16(6-2)24-27-19/h9,11-13,15H,5-8,10H2,1-4H3,(H,22,23,24). The van der Waals surface area contributed by atoms with Crippen LogP contribution in [0, 0.1) is 5.92 Å². The smallest absolute Gasteiger partial charge is 0.257 e. The van der Waals surface area contributed by atoms with Crippen molar-refractivity contribution >= 4 is 22.6 Å². The summed E-state index contributed by atoms with van der Waals surface area (Å²) in [5, 5.41) is 4.43. The highest BCUT2D eigenvalue weighted by Crippen LogP contribution is 2.27. The Hall–Kier alpha value is -2.09. The lowest BCUT2D eigenvalue weighted by Gasteiger charge is -2.38. The van der Waals surface area contributed by atoms with E-state index >= 15 is 0 Å². The molecule has 1 saturated heterocycles. The van der Waals surface area contributed by atoms with Gasteiger partial charge in [-0.05, 0) is 24.7 Å². The van der Waals surface area contributed by atoms with Crippen molar-refractivity contribution in [1.82, 2.24) is 24.2 Å². The van der Waals surface area contributed by atoms with E-state index < -0.39 is 0 Å². The monoisotopic (exact) mass is 388 g/mol. The molecule has 7 nitrogen and oxygen atoms in total. The summed E-state index contributed by atoms with van der Waals surface area (Å²) in [6.07, 6.45) is 5.92. The molecule has 27 heavy (non-hydrogen) atoms. The molecular weight excluding hydrogens is 360 g/mol. The van der Waals surface area contributed by atoms with E-state index in [1.165, 1.54) is 17.9 Å². The predicted molar refractivity (Wildman–Crippen MR) is 107 cm³/mol. The molecular formula is C19H28N6OS. The van der Waals surface area contributed by atoms with Crippen LogP contribution in [0.25, 0.3) is 0 Å². The van der Waals surface area contributed by atoms with Gasteiger partial charge in [-0.15, -0.1) is 0 Å². The van der Waals surface area contributed by atoms with Gasteiger partial charge in [0.25, 0.3) is 5.91 Å². The molecule has 1 aliphatic heterocycles. The van der Waals surface area contributed by atoms with E-state index in [0.29, 0.717) is 17.5 Å². The lowest BCUT2D eigenvalue weighted by atomic mass is 9.89. The number of piperidine rings is 1. The van der Waals surface area contributed by atoms with E-state index in [-0.39, 0.29) is 11.8 Å². The molecule has 0 bridgehead atoms. The van der Waals surface area contributed by atoms with Gasteiger partial charge in [0.2, 0.25) is 5.13 Å². The van der Waals surface area contributed by atoms with Crippen molar-refractivity contribution in [2.75, 3.05) is 18.4 Å². The van der Waals surface area contributed by atoms with Crippen molar-refractivity contribution in [3.05, 3.63) is 29.6 Å². The van der Waals surface area contributed by atoms with Gasteiger partial charge in [0, 0.05) is 43.3 Å². The number of nitrogens with zero attached hydrogens (tertiary/aromatic N) is 5. The van der Waals surface area contributed by atoms with Gasteiger partial charge in [0.05, 0.1) is 11.3 Å². The van der Waals surface area contributed by atoms with Gasteiger partial charge < -0.3 is 10.2 Å². The summed E-state index contributed by atoms with van der Waals surface area (Å²) >= 11 is 1.42. The van der Waals surface area contributed by atoms with Crippen LogP contribution in [0.1, 0.15) is 68.3 Å². The molecule has 2 unspecified atom stereocenters. The first kappa shape index (κ1) is 19.7. The molecule has 3 rings (SSSR count). The summed E-state index contributed by atoms with van der Waals surface area (Å²) in [6.45, 7) is 9.80. The highest BCUT2D eigenvalue weighted by atomic mass is 32.1. The maximum Gasteiger partial charge on any atom is 0.257 e. The Kier molecular flexibility index (Phi) is 6.36. The fourth-order valence-corrected chi connectivity index (χ4v) is 4.28. The minimum Gasteiger partial charge on any atom is -0.357 e. The number of carbonyl (C=O) groups is 1. The summed E-state index contributed by atoms with van der Waals surface area (Å²) in [6, 6.07) is 0.313. The summed E-state index contributed by atoms with van der Waals surface area (Å²) in [5.74, 6) is 1.50. The zero-order valence-electron chi connectivity index (χ0n) is 16.5. The SMILES string of the molecule is CCc1nsc(NC2CCN(C(=O)c3cncnc3C(C)C)CC2CC)n1. The van der Waals surface area contributed by atoms with Gasteiger partial charge in [0.1, 0.15) is 12.2 Å². The van der Waals surface area contributed by atoms with Crippen LogP contribution in [0.15, 0.2) is 12.5 Å². The lowest BCUT2D eigenvalue weighted by molar-refractivity contribution is 0.0655. The molecule has 0 aliphatic carbocycles. The molecule has 1 fully saturated rings.